The first-order chi connectivity index (χ1) is 10.4. The summed E-state index contributed by atoms with van der Waals surface area (Å²) in [6, 6.07) is 3.73. The van der Waals surface area contributed by atoms with Crippen molar-refractivity contribution >= 4 is 17.6 Å². The average molecular weight is 301 g/mol. The molecule has 1 aliphatic rings. The molecule has 0 spiro atoms. The minimum Gasteiger partial charge on any atom is -0.465 e. The smallest absolute Gasteiger partial charge is 0.338 e. The monoisotopic (exact) mass is 301 g/mol. The summed E-state index contributed by atoms with van der Waals surface area (Å²) in [6.07, 6.45) is 5.15. The van der Waals surface area contributed by atoms with Crippen molar-refractivity contribution in [3.63, 3.8) is 0 Å². The van der Waals surface area contributed by atoms with Crippen molar-refractivity contribution in [1.82, 2.24) is 5.01 Å². The van der Waals surface area contributed by atoms with Crippen LogP contribution in [0.3, 0.4) is 0 Å². The first-order valence-corrected chi connectivity index (χ1v) is 6.84. The quantitative estimate of drug-likeness (QED) is 0.826. The van der Waals surface area contributed by atoms with Gasteiger partial charge in [-0.25, -0.2) is 4.79 Å². The van der Waals surface area contributed by atoms with Gasteiger partial charge < -0.3 is 10.5 Å². The van der Waals surface area contributed by atoms with Crippen molar-refractivity contribution in [2.45, 2.75) is 13.8 Å². The molecule has 0 bridgehead atoms. The lowest BCUT2D eigenvalue weighted by Crippen LogP contribution is -2.29. The Morgan fingerprint density at radius 2 is 2.05 bits per heavy atom. The molecule has 1 aliphatic heterocycles. The predicted octanol–water partition coefficient (Wildman–Crippen LogP) is 1.66. The summed E-state index contributed by atoms with van der Waals surface area (Å²) < 4.78 is 4.83. The van der Waals surface area contributed by atoms with Gasteiger partial charge in [0, 0.05) is 6.20 Å². The van der Waals surface area contributed by atoms with E-state index in [0.29, 0.717) is 17.7 Å². The predicted molar refractivity (Wildman–Crippen MR) is 84.0 cm³/mol. The van der Waals surface area contributed by atoms with Gasteiger partial charge in [-0.05, 0) is 31.0 Å². The highest BCUT2D eigenvalue weighted by Crippen LogP contribution is 2.24. The number of hydrogen-bond donors (Lipinski definition) is 2. The van der Waals surface area contributed by atoms with Gasteiger partial charge in [0.15, 0.2) is 0 Å². The number of rotatable bonds is 4. The number of carbonyl (C=O) groups is 2. The van der Waals surface area contributed by atoms with E-state index in [-0.39, 0.29) is 5.97 Å². The van der Waals surface area contributed by atoms with E-state index in [1.54, 1.807) is 17.3 Å². The number of carbonyl (C=O) groups excluding carboxylic acids is 2. The molecule has 0 aliphatic carbocycles. The number of primary amides is 1. The molecule has 1 aromatic rings. The van der Waals surface area contributed by atoms with Gasteiger partial charge in [-0.3, -0.25) is 15.2 Å². The zero-order valence-electron chi connectivity index (χ0n) is 12.8. The van der Waals surface area contributed by atoms with Crippen LogP contribution < -0.4 is 11.2 Å². The Kier molecular flexibility index (Phi) is 4.50. The van der Waals surface area contributed by atoms with E-state index in [9.17, 15) is 9.59 Å². The van der Waals surface area contributed by atoms with E-state index in [1.807, 2.05) is 32.1 Å². The molecule has 6 nitrogen and oxygen atoms in total. The Bertz CT molecular complexity index is 677. The number of nitrogens with one attached hydrogen (secondary N) is 1. The number of hydrazine groups is 1. The number of ether oxygens (including phenoxy) is 1. The molecule has 6 heteroatoms. The van der Waals surface area contributed by atoms with Crippen molar-refractivity contribution < 1.29 is 14.3 Å². The van der Waals surface area contributed by atoms with Crippen LogP contribution in [0, 0.1) is 13.8 Å². The van der Waals surface area contributed by atoms with E-state index >= 15 is 0 Å². The highest BCUT2D eigenvalue weighted by Gasteiger charge is 2.17. The zero-order chi connectivity index (χ0) is 16.3. The van der Waals surface area contributed by atoms with Crippen molar-refractivity contribution in [1.29, 1.82) is 0 Å². The fraction of sp³-hybridized carbons (Fsp3) is 0.250. The molecule has 1 aromatic carbocycles. The number of hydrogen-bond acceptors (Lipinski definition) is 5. The second-order valence-electron chi connectivity index (χ2n) is 5.04. The van der Waals surface area contributed by atoms with Gasteiger partial charge >= 0.3 is 5.97 Å². The summed E-state index contributed by atoms with van der Waals surface area (Å²) in [7, 11) is 1.36. The van der Waals surface area contributed by atoms with Crippen LogP contribution in [-0.4, -0.2) is 30.5 Å². The summed E-state index contributed by atoms with van der Waals surface area (Å²) in [5.74, 6) is -0.857. The van der Waals surface area contributed by atoms with Crippen LogP contribution in [0.1, 0.15) is 21.5 Å². The van der Waals surface area contributed by atoms with E-state index in [1.165, 1.54) is 7.11 Å². The largest absolute Gasteiger partial charge is 0.465 e. The Labute approximate surface area is 129 Å². The third kappa shape index (κ3) is 3.11. The van der Waals surface area contributed by atoms with Crippen molar-refractivity contribution in [3.05, 3.63) is 52.7 Å². The van der Waals surface area contributed by atoms with Gasteiger partial charge in [0.2, 0.25) is 5.91 Å². The van der Waals surface area contributed by atoms with Gasteiger partial charge in [0.05, 0.1) is 30.5 Å². The Morgan fingerprint density at radius 3 is 2.68 bits per heavy atom. The highest BCUT2D eigenvalue weighted by molar-refractivity contribution is 5.95. The van der Waals surface area contributed by atoms with Crippen LogP contribution in [-0.2, 0) is 9.53 Å². The van der Waals surface area contributed by atoms with Gasteiger partial charge in [-0.2, -0.15) is 0 Å². The maximum atomic E-state index is 11.9. The van der Waals surface area contributed by atoms with Crippen molar-refractivity contribution in [2.75, 3.05) is 19.1 Å². The molecule has 0 fully saturated rings. The molecule has 0 saturated carbocycles. The minimum absolute atomic E-state index is 0.370. The third-order valence-corrected chi connectivity index (χ3v) is 3.51. The third-order valence-electron chi connectivity index (χ3n) is 3.51. The summed E-state index contributed by atoms with van der Waals surface area (Å²) in [4.78, 5) is 23.1. The number of aryl methyl sites for hydroxylation is 1. The second-order valence-corrected chi connectivity index (χ2v) is 5.04. The van der Waals surface area contributed by atoms with Crippen LogP contribution in [0.5, 0.6) is 0 Å². The normalized spacial score (nSPS) is 13.6. The average Bonchev–Trinajstić information content (AvgIpc) is 2.50. The number of esters is 1. The standard InChI is InChI=1S/C16H19N3O3/c1-10-6-7-13(11(2)14(10)16(21)22-3)18-19-8-4-5-12(9-19)15(17)20/h4-7,9,18H,8H2,1-3H3,(H2,17,20). The molecule has 0 radical (unpaired) electrons. The van der Waals surface area contributed by atoms with Crippen molar-refractivity contribution in [2.24, 2.45) is 5.73 Å². The Hall–Kier alpha value is -2.76. The SMILES string of the molecule is COC(=O)c1c(C)ccc(NN2C=C(C(N)=O)C=CC2)c1C. The molecule has 1 amide bonds. The molecule has 0 unspecified atom stereocenters. The fourth-order valence-electron chi connectivity index (χ4n) is 2.32. The van der Waals surface area contributed by atoms with E-state index in [4.69, 9.17) is 10.5 Å². The molecule has 3 N–H and O–H groups in total. The summed E-state index contributed by atoms with van der Waals surface area (Å²) in [5.41, 5.74) is 11.8. The maximum absolute atomic E-state index is 11.9. The van der Waals surface area contributed by atoms with Crippen molar-refractivity contribution in [3.8, 4) is 0 Å². The minimum atomic E-state index is -0.487. The van der Waals surface area contributed by atoms with Gasteiger partial charge in [-0.1, -0.05) is 18.2 Å². The molecular formula is C16H19N3O3. The topological polar surface area (TPSA) is 84.7 Å². The molecule has 0 atom stereocenters. The summed E-state index contributed by atoms with van der Waals surface area (Å²) in [6.45, 7) is 4.29. The molecular weight excluding hydrogens is 282 g/mol. The first kappa shape index (κ1) is 15.6. The second kappa shape index (κ2) is 6.34. The lowest BCUT2D eigenvalue weighted by molar-refractivity contribution is -0.114. The maximum Gasteiger partial charge on any atom is 0.338 e. The number of amides is 1. The lowest BCUT2D eigenvalue weighted by atomic mass is 10.0. The van der Waals surface area contributed by atoms with Crippen LogP contribution >= 0.6 is 0 Å². The number of benzene rings is 1. The lowest BCUT2D eigenvalue weighted by Gasteiger charge is -2.26. The van der Waals surface area contributed by atoms with Gasteiger partial charge in [0.25, 0.3) is 0 Å². The molecule has 22 heavy (non-hydrogen) atoms. The van der Waals surface area contributed by atoms with Crippen LogP contribution in [0.15, 0.2) is 36.1 Å². The van der Waals surface area contributed by atoms with Gasteiger partial charge in [0.1, 0.15) is 0 Å². The number of nitrogens with two attached hydrogens (primary N) is 1. The number of methoxy groups -OCH3 is 1. The van der Waals surface area contributed by atoms with E-state index in [2.05, 4.69) is 5.43 Å². The first-order valence-electron chi connectivity index (χ1n) is 6.84. The van der Waals surface area contributed by atoms with Crippen LogP contribution in [0.25, 0.3) is 0 Å². The fourth-order valence-corrected chi connectivity index (χ4v) is 2.32. The Morgan fingerprint density at radius 1 is 1.32 bits per heavy atom. The molecule has 0 saturated heterocycles. The number of nitrogens with zero attached hydrogens (tertiary/aromatic N) is 1. The Balaban J connectivity index is 2.30. The molecule has 2 rings (SSSR count). The molecule has 0 aromatic heterocycles. The summed E-state index contributed by atoms with van der Waals surface area (Å²) in [5, 5.41) is 1.73. The van der Waals surface area contributed by atoms with Gasteiger partial charge in [-0.15, -0.1) is 0 Å². The van der Waals surface area contributed by atoms with Crippen LogP contribution in [0.4, 0.5) is 5.69 Å². The van der Waals surface area contributed by atoms with E-state index in [0.717, 1.165) is 16.8 Å². The highest BCUT2D eigenvalue weighted by atomic mass is 16.5. The molecule has 1 heterocycles. The number of anilines is 1. The van der Waals surface area contributed by atoms with E-state index < -0.39 is 5.91 Å². The summed E-state index contributed by atoms with van der Waals surface area (Å²) >= 11 is 0. The zero-order valence-corrected chi connectivity index (χ0v) is 12.8. The molecule has 116 valence electrons. The van der Waals surface area contributed by atoms with Crippen LogP contribution in [0.2, 0.25) is 0 Å².